The van der Waals surface area contributed by atoms with Crippen LogP contribution in [0.15, 0.2) is 11.1 Å². The molecule has 1 aliphatic rings. The van der Waals surface area contributed by atoms with E-state index >= 15 is 0 Å². The Kier molecular flexibility index (Phi) is 2.00. The van der Waals surface area contributed by atoms with Crippen molar-refractivity contribution in [1.29, 1.82) is 0 Å². The largest absolute Gasteiger partial charge is 0.368 e. The molecule has 0 saturated carbocycles. The number of hydrogen-bond donors (Lipinski definition) is 1. The van der Waals surface area contributed by atoms with Crippen molar-refractivity contribution in [1.82, 2.24) is 4.90 Å². The predicted molar refractivity (Wildman–Crippen MR) is 48.6 cm³/mol. The Labute approximate surface area is 73.2 Å². The molecule has 3 heteroatoms. The first-order chi connectivity index (χ1) is 5.40. The first-order valence-corrected chi connectivity index (χ1v) is 4.08. The highest BCUT2D eigenvalue weighted by atomic mass is 16.1. The minimum atomic E-state index is -0.565. The zero-order valence-corrected chi connectivity index (χ0v) is 8.14. The summed E-state index contributed by atoms with van der Waals surface area (Å²) in [5.74, 6) is -0.264. The van der Waals surface area contributed by atoms with Gasteiger partial charge in [0.15, 0.2) is 0 Å². The molecule has 0 spiro atoms. The van der Waals surface area contributed by atoms with Gasteiger partial charge in [-0.2, -0.15) is 0 Å². The lowest BCUT2D eigenvalue weighted by Crippen LogP contribution is -2.51. The second-order valence-corrected chi connectivity index (χ2v) is 3.70. The Morgan fingerprint density at radius 2 is 2.08 bits per heavy atom. The molecule has 12 heavy (non-hydrogen) atoms. The predicted octanol–water partition coefficient (Wildman–Crippen LogP) is 0.512. The smallest absolute Gasteiger partial charge is 0.241 e. The first-order valence-electron chi connectivity index (χ1n) is 4.08. The van der Waals surface area contributed by atoms with Crippen molar-refractivity contribution in [3.05, 3.63) is 11.1 Å². The number of carbonyl (C=O) groups is 1. The summed E-state index contributed by atoms with van der Waals surface area (Å²) in [5, 5.41) is 0. The van der Waals surface area contributed by atoms with Crippen LogP contribution in [0.25, 0.3) is 0 Å². The maximum Gasteiger partial charge on any atom is 0.241 e. The summed E-state index contributed by atoms with van der Waals surface area (Å²) >= 11 is 0. The van der Waals surface area contributed by atoms with Crippen LogP contribution in [-0.4, -0.2) is 29.9 Å². The molecule has 0 aromatic rings. The van der Waals surface area contributed by atoms with Gasteiger partial charge in [0.25, 0.3) is 0 Å². The highest BCUT2D eigenvalue weighted by molar-refractivity contribution is 5.88. The molecule has 0 aromatic carbocycles. The Bertz CT molecular complexity index is 257. The molecule has 0 fully saturated rings. The van der Waals surface area contributed by atoms with Gasteiger partial charge in [-0.1, -0.05) is 5.57 Å². The van der Waals surface area contributed by atoms with E-state index in [4.69, 9.17) is 5.73 Å². The fourth-order valence-corrected chi connectivity index (χ4v) is 1.71. The SMILES string of the molecule is CC1=C(C)C(C)(C(N)=O)N(C)C1. The fraction of sp³-hybridized carbons (Fsp3) is 0.667. The van der Waals surface area contributed by atoms with Gasteiger partial charge in [-0.05, 0) is 33.4 Å². The summed E-state index contributed by atoms with van der Waals surface area (Å²) < 4.78 is 0. The highest BCUT2D eigenvalue weighted by Gasteiger charge is 2.42. The standard InChI is InChI=1S/C9H16N2O/c1-6-5-11(4)9(3,7(6)2)8(10)12/h5H2,1-4H3,(H2,10,12). The molecule has 1 unspecified atom stereocenters. The van der Waals surface area contributed by atoms with E-state index in [1.54, 1.807) is 0 Å². The molecule has 68 valence electrons. The van der Waals surface area contributed by atoms with E-state index in [1.165, 1.54) is 5.57 Å². The number of likely N-dealkylation sites (N-methyl/N-ethyl adjacent to an activating group) is 1. The number of primary amides is 1. The third kappa shape index (κ3) is 0.966. The molecule has 1 rings (SSSR count). The average molecular weight is 168 g/mol. The van der Waals surface area contributed by atoms with E-state index in [-0.39, 0.29) is 5.91 Å². The van der Waals surface area contributed by atoms with Crippen LogP contribution in [0.5, 0.6) is 0 Å². The van der Waals surface area contributed by atoms with Gasteiger partial charge in [0, 0.05) is 6.54 Å². The quantitative estimate of drug-likeness (QED) is 0.580. The lowest BCUT2D eigenvalue weighted by Gasteiger charge is -2.30. The molecule has 0 bridgehead atoms. The Hall–Kier alpha value is -0.830. The van der Waals surface area contributed by atoms with Crippen LogP contribution >= 0.6 is 0 Å². The van der Waals surface area contributed by atoms with Crippen LogP contribution in [0, 0.1) is 0 Å². The molecule has 0 radical (unpaired) electrons. The average Bonchev–Trinajstić information content (AvgIpc) is 2.16. The molecular weight excluding hydrogens is 152 g/mol. The van der Waals surface area contributed by atoms with E-state index in [1.807, 2.05) is 32.7 Å². The molecule has 2 N–H and O–H groups in total. The minimum absolute atomic E-state index is 0.264. The topological polar surface area (TPSA) is 46.3 Å². The second-order valence-electron chi connectivity index (χ2n) is 3.70. The van der Waals surface area contributed by atoms with Crippen molar-refractivity contribution in [2.75, 3.05) is 13.6 Å². The van der Waals surface area contributed by atoms with Gasteiger partial charge < -0.3 is 5.73 Å². The monoisotopic (exact) mass is 168 g/mol. The summed E-state index contributed by atoms with van der Waals surface area (Å²) in [4.78, 5) is 13.2. The van der Waals surface area contributed by atoms with Crippen molar-refractivity contribution in [3.63, 3.8) is 0 Å². The van der Waals surface area contributed by atoms with Gasteiger partial charge in [-0.15, -0.1) is 0 Å². The third-order valence-electron chi connectivity index (χ3n) is 3.09. The number of amides is 1. The number of carbonyl (C=O) groups excluding carboxylic acids is 1. The maximum atomic E-state index is 11.2. The fourth-order valence-electron chi connectivity index (χ4n) is 1.71. The summed E-state index contributed by atoms with van der Waals surface area (Å²) in [5.41, 5.74) is 7.14. The van der Waals surface area contributed by atoms with Gasteiger partial charge in [0.2, 0.25) is 5.91 Å². The van der Waals surface area contributed by atoms with Crippen LogP contribution in [0.2, 0.25) is 0 Å². The molecular formula is C9H16N2O. The normalized spacial score (nSPS) is 31.3. The lowest BCUT2D eigenvalue weighted by molar-refractivity contribution is -0.125. The van der Waals surface area contributed by atoms with E-state index in [9.17, 15) is 4.79 Å². The lowest BCUT2D eigenvalue weighted by atomic mass is 9.92. The second kappa shape index (κ2) is 2.59. The highest BCUT2D eigenvalue weighted by Crippen LogP contribution is 2.32. The number of nitrogens with two attached hydrogens (primary N) is 1. The molecule has 0 aliphatic carbocycles. The molecule has 0 saturated heterocycles. The zero-order chi connectivity index (χ0) is 9.52. The number of nitrogens with zero attached hydrogens (tertiary/aromatic N) is 1. The number of hydrogen-bond acceptors (Lipinski definition) is 2. The van der Waals surface area contributed by atoms with E-state index in [0.29, 0.717) is 0 Å². The molecule has 1 atom stereocenters. The summed E-state index contributed by atoms with van der Waals surface area (Å²) in [7, 11) is 1.92. The van der Waals surface area contributed by atoms with Crippen molar-refractivity contribution in [3.8, 4) is 0 Å². The van der Waals surface area contributed by atoms with E-state index < -0.39 is 5.54 Å². The van der Waals surface area contributed by atoms with Gasteiger partial charge in [0.05, 0.1) is 0 Å². The van der Waals surface area contributed by atoms with Crippen LogP contribution in [0.4, 0.5) is 0 Å². The molecule has 0 aromatic heterocycles. The maximum absolute atomic E-state index is 11.2. The zero-order valence-electron chi connectivity index (χ0n) is 8.14. The van der Waals surface area contributed by atoms with Gasteiger partial charge in [-0.3, -0.25) is 9.69 Å². The molecule has 1 heterocycles. The summed E-state index contributed by atoms with van der Waals surface area (Å²) in [6.45, 7) is 6.73. The Balaban J connectivity index is 3.12. The number of rotatable bonds is 1. The van der Waals surface area contributed by atoms with Crippen molar-refractivity contribution in [2.24, 2.45) is 5.73 Å². The molecule has 1 amide bonds. The third-order valence-corrected chi connectivity index (χ3v) is 3.09. The van der Waals surface area contributed by atoms with Crippen molar-refractivity contribution < 1.29 is 4.79 Å². The molecule has 1 aliphatic heterocycles. The van der Waals surface area contributed by atoms with Crippen molar-refractivity contribution >= 4 is 5.91 Å². The van der Waals surface area contributed by atoms with Crippen LogP contribution < -0.4 is 5.73 Å². The Morgan fingerprint density at radius 1 is 1.58 bits per heavy atom. The minimum Gasteiger partial charge on any atom is -0.368 e. The van der Waals surface area contributed by atoms with Crippen molar-refractivity contribution in [2.45, 2.75) is 26.3 Å². The van der Waals surface area contributed by atoms with Crippen LogP contribution in [0.1, 0.15) is 20.8 Å². The summed E-state index contributed by atoms with van der Waals surface area (Å²) in [6.07, 6.45) is 0. The van der Waals surface area contributed by atoms with Gasteiger partial charge in [-0.25, -0.2) is 0 Å². The van der Waals surface area contributed by atoms with Crippen LogP contribution in [-0.2, 0) is 4.79 Å². The van der Waals surface area contributed by atoms with Gasteiger partial charge >= 0.3 is 0 Å². The van der Waals surface area contributed by atoms with Gasteiger partial charge in [0.1, 0.15) is 5.54 Å². The molecule has 3 nitrogen and oxygen atoms in total. The van der Waals surface area contributed by atoms with Crippen LogP contribution in [0.3, 0.4) is 0 Å². The van der Waals surface area contributed by atoms with E-state index in [2.05, 4.69) is 0 Å². The van der Waals surface area contributed by atoms with E-state index in [0.717, 1.165) is 12.1 Å². The first kappa shape index (κ1) is 9.26. The summed E-state index contributed by atoms with van der Waals surface area (Å²) in [6, 6.07) is 0. The Morgan fingerprint density at radius 3 is 2.25 bits per heavy atom.